The Hall–Kier alpha value is -3.07. The molecule has 0 radical (unpaired) electrons. The summed E-state index contributed by atoms with van der Waals surface area (Å²) in [5, 5.41) is 0.00830. The van der Waals surface area contributed by atoms with Crippen LogP contribution in [0.15, 0.2) is 58.4 Å². The number of benzene rings is 1. The highest BCUT2D eigenvalue weighted by Crippen LogP contribution is 2.23. The second-order valence-corrected chi connectivity index (χ2v) is 11.0. The third-order valence-corrected chi connectivity index (χ3v) is 6.90. The molecule has 184 valence electrons. The summed E-state index contributed by atoms with van der Waals surface area (Å²) in [4.78, 5) is 18.9. The van der Waals surface area contributed by atoms with Crippen molar-refractivity contribution in [2.45, 2.75) is 58.2 Å². The third-order valence-electron chi connectivity index (χ3n) is 5.30. The van der Waals surface area contributed by atoms with Gasteiger partial charge in [0.1, 0.15) is 11.5 Å². The minimum atomic E-state index is -3.74. The van der Waals surface area contributed by atoms with E-state index in [0.717, 1.165) is 0 Å². The van der Waals surface area contributed by atoms with Gasteiger partial charge in [0.05, 0.1) is 44.1 Å². The van der Waals surface area contributed by atoms with E-state index < -0.39 is 9.84 Å². The molecule has 0 atom stereocenters. The van der Waals surface area contributed by atoms with Crippen LogP contribution in [0.1, 0.15) is 44.7 Å². The van der Waals surface area contributed by atoms with Gasteiger partial charge in [-0.1, -0.05) is 39.8 Å². The molecule has 0 aliphatic heterocycles. The molecule has 1 aromatic carbocycles. The molecular formula is C25H33N3O5S. The molecule has 3 rings (SSSR count). The number of ether oxygens (including phenoxy) is 1. The first-order valence-corrected chi connectivity index (χ1v) is 13.0. The molecule has 0 spiro atoms. The average molecular weight is 488 g/mol. The van der Waals surface area contributed by atoms with Crippen LogP contribution in [-0.4, -0.2) is 35.9 Å². The van der Waals surface area contributed by atoms with Gasteiger partial charge >= 0.3 is 0 Å². The van der Waals surface area contributed by atoms with Gasteiger partial charge in [0, 0.05) is 12.5 Å². The van der Waals surface area contributed by atoms with Crippen LogP contribution in [0, 0.1) is 11.8 Å². The maximum atomic E-state index is 13.4. The van der Waals surface area contributed by atoms with Crippen LogP contribution in [0.4, 0.5) is 0 Å². The smallest absolute Gasteiger partial charge is 0.228 e. The average Bonchev–Trinajstić information content (AvgIpc) is 3.42. The summed E-state index contributed by atoms with van der Waals surface area (Å²) < 4.78 is 39.2. The molecule has 0 saturated carbocycles. The highest BCUT2D eigenvalue weighted by Gasteiger charge is 2.27. The van der Waals surface area contributed by atoms with Crippen molar-refractivity contribution in [1.29, 1.82) is 0 Å². The first kappa shape index (κ1) is 25.6. The van der Waals surface area contributed by atoms with Crippen LogP contribution in [0.2, 0.25) is 0 Å². The number of imidazole rings is 1. The number of carbonyl (C=O) groups excluding carboxylic acids is 1. The van der Waals surface area contributed by atoms with Gasteiger partial charge < -0.3 is 18.6 Å². The lowest BCUT2D eigenvalue weighted by atomic mass is 10.1. The maximum absolute atomic E-state index is 13.4. The van der Waals surface area contributed by atoms with Crippen molar-refractivity contribution in [3.63, 3.8) is 0 Å². The van der Waals surface area contributed by atoms with Crippen molar-refractivity contribution in [2.75, 3.05) is 7.11 Å². The summed E-state index contributed by atoms with van der Waals surface area (Å²) in [6.07, 6.45) is 3.13. The van der Waals surface area contributed by atoms with Crippen LogP contribution in [0.3, 0.4) is 0 Å². The van der Waals surface area contributed by atoms with Crippen molar-refractivity contribution in [3.8, 4) is 5.75 Å². The molecule has 0 aliphatic carbocycles. The maximum Gasteiger partial charge on any atom is 0.228 e. The zero-order valence-corrected chi connectivity index (χ0v) is 21.2. The first-order chi connectivity index (χ1) is 16.1. The van der Waals surface area contributed by atoms with Gasteiger partial charge in [-0.2, -0.15) is 0 Å². The van der Waals surface area contributed by atoms with E-state index in [-0.39, 0.29) is 35.2 Å². The number of aromatic nitrogens is 2. The minimum absolute atomic E-state index is 0.00830. The Morgan fingerprint density at radius 3 is 2.53 bits per heavy atom. The molecule has 0 aliphatic rings. The lowest BCUT2D eigenvalue weighted by Crippen LogP contribution is -2.34. The number of carbonyl (C=O) groups is 1. The molecule has 3 aromatic rings. The Bertz CT molecular complexity index is 1200. The molecule has 0 fully saturated rings. The largest absolute Gasteiger partial charge is 0.497 e. The van der Waals surface area contributed by atoms with Crippen LogP contribution in [0.25, 0.3) is 0 Å². The van der Waals surface area contributed by atoms with Gasteiger partial charge in [-0.15, -0.1) is 0 Å². The highest BCUT2D eigenvalue weighted by atomic mass is 32.2. The predicted molar refractivity (Wildman–Crippen MR) is 129 cm³/mol. The summed E-state index contributed by atoms with van der Waals surface area (Å²) >= 11 is 0. The van der Waals surface area contributed by atoms with E-state index in [4.69, 9.17) is 9.15 Å². The van der Waals surface area contributed by atoms with Gasteiger partial charge in [-0.3, -0.25) is 4.79 Å². The van der Waals surface area contributed by atoms with Gasteiger partial charge in [0.15, 0.2) is 0 Å². The molecule has 1 amide bonds. The molecule has 0 saturated heterocycles. The molecule has 2 aromatic heterocycles. The number of hydrogen-bond donors (Lipinski definition) is 0. The number of nitrogens with zero attached hydrogens (tertiary/aromatic N) is 3. The van der Waals surface area contributed by atoms with E-state index >= 15 is 0 Å². The first-order valence-electron chi connectivity index (χ1n) is 11.3. The number of sulfone groups is 1. The number of hydrogen-bond acceptors (Lipinski definition) is 6. The van der Waals surface area contributed by atoms with Crippen molar-refractivity contribution < 1.29 is 22.4 Å². The zero-order valence-electron chi connectivity index (χ0n) is 20.4. The number of amides is 1. The van der Waals surface area contributed by atoms with Crippen molar-refractivity contribution in [1.82, 2.24) is 14.5 Å². The van der Waals surface area contributed by atoms with Gasteiger partial charge in [-0.25, -0.2) is 13.4 Å². The second kappa shape index (κ2) is 10.9. The van der Waals surface area contributed by atoms with E-state index in [1.165, 1.54) is 0 Å². The molecule has 2 heterocycles. The Morgan fingerprint density at radius 2 is 1.91 bits per heavy atom. The van der Waals surface area contributed by atoms with Crippen LogP contribution >= 0.6 is 0 Å². The van der Waals surface area contributed by atoms with E-state index in [9.17, 15) is 13.2 Å². The van der Waals surface area contributed by atoms with E-state index in [2.05, 4.69) is 4.98 Å². The molecule has 9 heteroatoms. The summed E-state index contributed by atoms with van der Waals surface area (Å²) in [6.45, 7) is 8.70. The topological polar surface area (TPSA) is 94.6 Å². The molecule has 0 N–H and O–H groups in total. The van der Waals surface area contributed by atoms with Crippen molar-refractivity contribution in [2.24, 2.45) is 11.8 Å². The van der Waals surface area contributed by atoms with Gasteiger partial charge in [0.2, 0.25) is 20.9 Å². The molecule has 0 bridgehead atoms. The zero-order chi connectivity index (χ0) is 24.9. The lowest BCUT2D eigenvalue weighted by Gasteiger charge is -2.25. The van der Waals surface area contributed by atoms with Gasteiger partial charge in [0.25, 0.3) is 0 Å². The van der Waals surface area contributed by atoms with E-state index in [0.29, 0.717) is 35.9 Å². The van der Waals surface area contributed by atoms with Crippen molar-refractivity contribution in [3.05, 3.63) is 65.9 Å². The predicted octanol–water partition coefficient (Wildman–Crippen LogP) is 4.30. The molecule has 0 unspecified atom stereocenters. The summed E-state index contributed by atoms with van der Waals surface area (Å²) in [6, 6.07) is 10.6. The molecule has 34 heavy (non-hydrogen) atoms. The third kappa shape index (κ3) is 6.28. The number of methoxy groups -OCH3 is 1. The summed E-state index contributed by atoms with van der Waals surface area (Å²) in [7, 11) is -2.20. The standard InChI is InChI=1S/C25H33N3O5S/c1-18(2)14-28-21(15-27(24(29)19(3)4)16-23-10-7-11-33-23)13-26-25(28)34(30,31)17-20-8-6-9-22(12-20)32-5/h6-13,18-19H,14-17H2,1-5H3. The van der Waals surface area contributed by atoms with Crippen molar-refractivity contribution >= 4 is 15.7 Å². The molecular weight excluding hydrogens is 454 g/mol. The Balaban J connectivity index is 1.95. The monoisotopic (exact) mass is 487 g/mol. The second-order valence-electron chi connectivity index (χ2n) is 9.08. The highest BCUT2D eigenvalue weighted by molar-refractivity contribution is 7.90. The summed E-state index contributed by atoms with van der Waals surface area (Å²) in [5.41, 5.74) is 1.29. The normalized spacial score (nSPS) is 11.9. The van der Waals surface area contributed by atoms with E-state index in [1.807, 2.05) is 33.8 Å². The fourth-order valence-electron chi connectivity index (χ4n) is 3.74. The van der Waals surface area contributed by atoms with Crippen LogP contribution in [0.5, 0.6) is 5.75 Å². The van der Waals surface area contributed by atoms with E-state index in [1.54, 1.807) is 59.4 Å². The Labute approximate surface area is 201 Å². The lowest BCUT2D eigenvalue weighted by molar-refractivity contribution is -0.136. The number of furan rings is 1. The SMILES string of the molecule is COc1cccc(CS(=O)(=O)c2ncc(CN(Cc3ccco3)C(=O)C(C)C)n2CC(C)C)c1. The Kier molecular flexibility index (Phi) is 8.19. The quantitative estimate of drug-likeness (QED) is 0.400. The summed E-state index contributed by atoms with van der Waals surface area (Å²) in [5.74, 6) is 0.981. The Morgan fingerprint density at radius 1 is 1.15 bits per heavy atom. The van der Waals surface area contributed by atoms with Crippen LogP contribution in [-0.2, 0) is 40.0 Å². The fourth-order valence-corrected chi connectivity index (χ4v) is 5.22. The van der Waals surface area contributed by atoms with Gasteiger partial charge in [-0.05, 0) is 35.7 Å². The number of rotatable bonds is 11. The minimum Gasteiger partial charge on any atom is -0.497 e. The van der Waals surface area contributed by atoms with Crippen LogP contribution < -0.4 is 4.74 Å². The molecule has 8 nitrogen and oxygen atoms in total. The fraction of sp³-hybridized carbons (Fsp3) is 0.440.